The molecule has 2 aromatic carbocycles. The number of carbonyl (C=O) groups excluding carboxylic acids is 2. The number of sulfonamides is 1. The summed E-state index contributed by atoms with van der Waals surface area (Å²) in [5, 5.41) is 3.16. The Balaban J connectivity index is 2.37. The van der Waals surface area contributed by atoms with Gasteiger partial charge in [-0.05, 0) is 55.8 Å². The maximum atomic E-state index is 13.3. The zero-order chi connectivity index (χ0) is 23.2. The van der Waals surface area contributed by atoms with Gasteiger partial charge in [0.15, 0.2) is 0 Å². The van der Waals surface area contributed by atoms with Crippen LogP contribution in [-0.2, 0) is 26.2 Å². The van der Waals surface area contributed by atoms with E-state index in [0.717, 1.165) is 20.6 Å². The van der Waals surface area contributed by atoms with E-state index in [2.05, 4.69) is 21.2 Å². The van der Waals surface area contributed by atoms with Gasteiger partial charge in [-0.2, -0.15) is 0 Å². The molecule has 2 aromatic rings. The van der Waals surface area contributed by atoms with Crippen molar-refractivity contribution in [2.45, 2.75) is 26.4 Å². The number of hydrogen-bond acceptors (Lipinski definition) is 4. The van der Waals surface area contributed by atoms with Crippen molar-refractivity contribution in [1.82, 2.24) is 10.2 Å². The van der Waals surface area contributed by atoms with Crippen LogP contribution in [0, 0.1) is 0 Å². The maximum Gasteiger partial charge on any atom is 0.244 e. The lowest BCUT2D eigenvalue weighted by molar-refractivity contribution is -0.139. The van der Waals surface area contributed by atoms with Crippen molar-refractivity contribution in [3.05, 3.63) is 63.6 Å². The lowest BCUT2D eigenvalue weighted by Gasteiger charge is -2.31. The standard InChI is InChI=1S/C21H25BrClN3O4S/c1-4-24-21(28)15(2)25(13-16-6-5-7-17(22)12-16)20(27)14-26(31(3,29)30)19-10-8-18(23)9-11-19/h5-12,15H,4,13-14H2,1-3H3,(H,24,28)/t15-/m0/s1. The first kappa shape index (κ1) is 25.2. The Hall–Kier alpha value is -2.10. The smallest absolute Gasteiger partial charge is 0.244 e. The fourth-order valence-corrected chi connectivity index (χ4v) is 4.38. The van der Waals surface area contributed by atoms with Gasteiger partial charge in [-0.1, -0.05) is 39.7 Å². The summed E-state index contributed by atoms with van der Waals surface area (Å²) >= 11 is 9.31. The van der Waals surface area contributed by atoms with Gasteiger partial charge in [0, 0.05) is 22.6 Å². The predicted molar refractivity (Wildman–Crippen MR) is 126 cm³/mol. The zero-order valence-corrected chi connectivity index (χ0v) is 20.7. The molecule has 0 bridgehead atoms. The van der Waals surface area contributed by atoms with E-state index < -0.39 is 28.5 Å². The second-order valence-corrected chi connectivity index (χ2v) is 10.2. The fourth-order valence-electron chi connectivity index (χ4n) is 2.96. The fraction of sp³-hybridized carbons (Fsp3) is 0.333. The van der Waals surface area contributed by atoms with Crippen molar-refractivity contribution in [3.8, 4) is 0 Å². The van der Waals surface area contributed by atoms with E-state index in [1.807, 2.05) is 24.3 Å². The third-order valence-corrected chi connectivity index (χ3v) is 6.44. The molecule has 1 N–H and O–H groups in total. The first-order chi connectivity index (χ1) is 14.5. The highest BCUT2D eigenvalue weighted by atomic mass is 79.9. The van der Waals surface area contributed by atoms with Gasteiger partial charge in [-0.3, -0.25) is 13.9 Å². The number of benzene rings is 2. The van der Waals surface area contributed by atoms with Gasteiger partial charge in [0.2, 0.25) is 21.8 Å². The molecule has 0 aliphatic rings. The first-order valence-corrected chi connectivity index (χ1v) is 12.6. The quantitative estimate of drug-likeness (QED) is 0.538. The molecule has 2 amide bonds. The number of nitrogens with one attached hydrogen (secondary N) is 1. The average Bonchev–Trinajstić information content (AvgIpc) is 2.70. The van der Waals surface area contributed by atoms with E-state index in [1.165, 1.54) is 17.0 Å². The number of nitrogens with zero attached hydrogens (tertiary/aromatic N) is 2. The third kappa shape index (κ3) is 7.22. The Morgan fingerprint density at radius 2 is 1.81 bits per heavy atom. The molecule has 0 aromatic heterocycles. The maximum absolute atomic E-state index is 13.3. The van der Waals surface area contributed by atoms with E-state index in [1.54, 1.807) is 26.0 Å². The van der Waals surface area contributed by atoms with Crippen LogP contribution < -0.4 is 9.62 Å². The molecule has 0 heterocycles. The molecule has 7 nitrogen and oxygen atoms in total. The highest BCUT2D eigenvalue weighted by molar-refractivity contribution is 9.10. The lowest BCUT2D eigenvalue weighted by atomic mass is 10.1. The summed E-state index contributed by atoms with van der Waals surface area (Å²) < 4.78 is 26.7. The van der Waals surface area contributed by atoms with Crippen molar-refractivity contribution in [2.24, 2.45) is 0 Å². The highest BCUT2D eigenvalue weighted by Gasteiger charge is 2.29. The van der Waals surface area contributed by atoms with Gasteiger partial charge in [0.05, 0.1) is 11.9 Å². The van der Waals surface area contributed by atoms with E-state index in [9.17, 15) is 18.0 Å². The Bertz CT molecular complexity index is 1030. The minimum atomic E-state index is -3.76. The van der Waals surface area contributed by atoms with Crippen LogP contribution in [0.15, 0.2) is 53.0 Å². The SMILES string of the molecule is CCNC(=O)[C@H](C)N(Cc1cccc(Br)c1)C(=O)CN(c1ccc(Cl)cc1)S(C)(=O)=O. The minimum Gasteiger partial charge on any atom is -0.355 e. The summed E-state index contributed by atoms with van der Waals surface area (Å²) in [5.74, 6) is -0.817. The second kappa shape index (κ2) is 11.0. The Morgan fingerprint density at radius 3 is 2.35 bits per heavy atom. The summed E-state index contributed by atoms with van der Waals surface area (Å²) in [4.78, 5) is 27.1. The van der Waals surface area contributed by atoms with Crippen molar-refractivity contribution in [3.63, 3.8) is 0 Å². The molecule has 0 unspecified atom stereocenters. The molecule has 168 valence electrons. The molecule has 0 fully saturated rings. The molecule has 0 spiro atoms. The minimum absolute atomic E-state index is 0.148. The van der Waals surface area contributed by atoms with Crippen LogP contribution in [0.1, 0.15) is 19.4 Å². The van der Waals surface area contributed by atoms with Crippen LogP contribution in [0.5, 0.6) is 0 Å². The normalized spacial score (nSPS) is 12.2. The molecule has 31 heavy (non-hydrogen) atoms. The Kier molecular flexibility index (Phi) is 8.90. The number of halogens is 2. The predicted octanol–water partition coefficient (Wildman–Crippen LogP) is 3.42. The molecule has 0 radical (unpaired) electrons. The molecular formula is C21H25BrClN3O4S. The number of carbonyl (C=O) groups is 2. The Morgan fingerprint density at radius 1 is 1.16 bits per heavy atom. The number of anilines is 1. The average molecular weight is 531 g/mol. The molecule has 10 heteroatoms. The van der Waals surface area contributed by atoms with Crippen LogP contribution in [0.4, 0.5) is 5.69 Å². The van der Waals surface area contributed by atoms with Crippen molar-refractivity contribution >= 4 is 55.1 Å². The van der Waals surface area contributed by atoms with E-state index in [4.69, 9.17) is 11.6 Å². The van der Waals surface area contributed by atoms with Crippen LogP contribution in [0.2, 0.25) is 5.02 Å². The molecule has 1 atom stereocenters. The van der Waals surface area contributed by atoms with E-state index in [-0.39, 0.29) is 12.5 Å². The molecule has 0 saturated carbocycles. The second-order valence-electron chi connectivity index (χ2n) is 6.97. The molecule has 0 aliphatic heterocycles. The van der Waals surface area contributed by atoms with Gasteiger partial charge in [0.1, 0.15) is 12.6 Å². The van der Waals surface area contributed by atoms with Gasteiger partial charge < -0.3 is 10.2 Å². The van der Waals surface area contributed by atoms with Crippen molar-refractivity contribution in [2.75, 3.05) is 23.7 Å². The summed E-state index contributed by atoms with van der Waals surface area (Å²) in [6.07, 6.45) is 1.03. The van der Waals surface area contributed by atoms with Gasteiger partial charge in [0.25, 0.3) is 0 Å². The molecule has 0 aliphatic carbocycles. The number of rotatable bonds is 9. The zero-order valence-electron chi connectivity index (χ0n) is 17.5. The number of amides is 2. The third-order valence-electron chi connectivity index (χ3n) is 4.55. The van der Waals surface area contributed by atoms with Crippen LogP contribution in [0.3, 0.4) is 0 Å². The van der Waals surface area contributed by atoms with E-state index >= 15 is 0 Å². The summed E-state index contributed by atoms with van der Waals surface area (Å²) in [7, 11) is -3.76. The largest absolute Gasteiger partial charge is 0.355 e. The van der Waals surface area contributed by atoms with E-state index in [0.29, 0.717) is 17.3 Å². The van der Waals surface area contributed by atoms with Gasteiger partial charge in [-0.25, -0.2) is 8.42 Å². The molecular weight excluding hydrogens is 506 g/mol. The highest BCUT2D eigenvalue weighted by Crippen LogP contribution is 2.22. The first-order valence-electron chi connectivity index (χ1n) is 9.57. The molecule has 2 rings (SSSR count). The number of likely N-dealkylation sites (N-methyl/N-ethyl adjacent to an activating group) is 1. The van der Waals surface area contributed by atoms with Gasteiger partial charge in [-0.15, -0.1) is 0 Å². The Labute approximate surface area is 196 Å². The lowest BCUT2D eigenvalue weighted by Crippen LogP contribution is -2.51. The van der Waals surface area contributed by atoms with Crippen molar-refractivity contribution in [1.29, 1.82) is 0 Å². The van der Waals surface area contributed by atoms with Crippen LogP contribution in [0.25, 0.3) is 0 Å². The van der Waals surface area contributed by atoms with Crippen LogP contribution in [-0.4, -0.2) is 50.5 Å². The van der Waals surface area contributed by atoms with Gasteiger partial charge >= 0.3 is 0 Å². The van der Waals surface area contributed by atoms with Crippen molar-refractivity contribution < 1.29 is 18.0 Å². The monoisotopic (exact) mass is 529 g/mol. The summed E-state index contributed by atoms with van der Waals surface area (Å²) in [5.41, 5.74) is 1.12. The summed E-state index contributed by atoms with van der Waals surface area (Å²) in [6.45, 7) is 3.53. The molecule has 0 saturated heterocycles. The topological polar surface area (TPSA) is 86.8 Å². The van der Waals surface area contributed by atoms with Crippen LogP contribution >= 0.6 is 27.5 Å². The summed E-state index contributed by atoms with van der Waals surface area (Å²) in [6, 6.07) is 12.7. The number of hydrogen-bond donors (Lipinski definition) is 1.